The number of rotatable bonds is 20. The molecule has 29 heavy (non-hydrogen) atoms. The summed E-state index contributed by atoms with van der Waals surface area (Å²) in [5.41, 5.74) is 0. The van der Waals surface area contributed by atoms with E-state index in [4.69, 9.17) is 14.2 Å². The molecule has 0 amide bonds. The fourth-order valence-corrected chi connectivity index (χ4v) is 4.30. The van der Waals surface area contributed by atoms with Gasteiger partial charge in [0.05, 0.1) is 0 Å². The van der Waals surface area contributed by atoms with Crippen molar-refractivity contribution in [1.82, 2.24) is 0 Å². The Bertz CT molecular complexity index is 398. The predicted molar refractivity (Wildman–Crippen MR) is 120 cm³/mol. The standard InChI is InChI=1S/C25H48O4/c1-4-5-6-7-8-9-10-11-12-13-14-15-16-17-18-19-20-23(26)25(28-3)22-21-24(27-2)29-25/h24H,4-22H2,1-3H3. The minimum atomic E-state index is -1.06. The van der Waals surface area contributed by atoms with Crippen molar-refractivity contribution >= 4 is 5.78 Å². The van der Waals surface area contributed by atoms with Gasteiger partial charge in [0.15, 0.2) is 12.1 Å². The summed E-state index contributed by atoms with van der Waals surface area (Å²) in [4.78, 5) is 12.5. The molecular formula is C25H48O4. The van der Waals surface area contributed by atoms with Gasteiger partial charge in [-0.3, -0.25) is 4.79 Å². The number of Topliss-reactive ketones (excluding diaryl/α,β-unsaturated/α-hetero) is 1. The highest BCUT2D eigenvalue weighted by molar-refractivity contribution is 5.86. The van der Waals surface area contributed by atoms with Gasteiger partial charge in [0, 0.05) is 33.5 Å². The van der Waals surface area contributed by atoms with Crippen LogP contribution >= 0.6 is 0 Å². The lowest BCUT2D eigenvalue weighted by Crippen LogP contribution is -2.41. The van der Waals surface area contributed by atoms with Crippen LogP contribution in [-0.4, -0.2) is 32.1 Å². The zero-order chi connectivity index (χ0) is 21.2. The molecule has 1 aliphatic heterocycles. The number of hydrogen-bond acceptors (Lipinski definition) is 4. The molecule has 0 aromatic heterocycles. The Morgan fingerprint density at radius 3 is 1.62 bits per heavy atom. The second-order valence-corrected chi connectivity index (χ2v) is 8.76. The SMILES string of the molecule is CCCCCCCCCCCCCCCCCCC(=O)C1(OC)CCC(OC)O1. The van der Waals surface area contributed by atoms with Gasteiger partial charge < -0.3 is 14.2 Å². The highest BCUT2D eigenvalue weighted by Crippen LogP contribution is 2.33. The molecule has 0 radical (unpaired) electrons. The Labute approximate surface area is 180 Å². The maximum Gasteiger partial charge on any atom is 0.231 e. The molecule has 2 atom stereocenters. The summed E-state index contributed by atoms with van der Waals surface area (Å²) in [7, 11) is 3.17. The van der Waals surface area contributed by atoms with E-state index in [0.717, 1.165) is 19.3 Å². The van der Waals surface area contributed by atoms with Crippen molar-refractivity contribution in [1.29, 1.82) is 0 Å². The Morgan fingerprint density at radius 1 is 0.793 bits per heavy atom. The monoisotopic (exact) mass is 412 g/mol. The molecule has 1 saturated heterocycles. The van der Waals surface area contributed by atoms with Gasteiger partial charge in [0.1, 0.15) is 0 Å². The number of carbonyl (C=O) groups is 1. The fourth-order valence-electron chi connectivity index (χ4n) is 4.30. The van der Waals surface area contributed by atoms with Crippen LogP contribution in [0, 0.1) is 0 Å². The van der Waals surface area contributed by atoms with Crippen molar-refractivity contribution in [2.75, 3.05) is 14.2 Å². The number of ether oxygens (including phenoxy) is 3. The smallest absolute Gasteiger partial charge is 0.231 e. The average Bonchev–Trinajstić information content (AvgIpc) is 3.18. The van der Waals surface area contributed by atoms with Crippen LogP contribution in [-0.2, 0) is 19.0 Å². The third kappa shape index (κ3) is 11.5. The topological polar surface area (TPSA) is 44.8 Å². The lowest BCUT2D eigenvalue weighted by Gasteiger charge is -2.25. The van der Waals surface area contributed by atoms with Gasteiger partial charge in [0.2, 0.25) is 5.79 Å². The van der Waals surface area contributed by atoms with Crippen molar-refractivity contribution < 1.29 is 19.0 Å². The van der Waals surface area contributed by atoms with Gasteiger partial charge in [-0.25, -0.2) is 0 Å². The molecule has 0 aromatic rings. The van der Waals surface area contributed by atoms with E-state index < -0.39 is 5.79 Å². The van der Waals surface area contributed by atoms with Crippen LogP contribution in [0.5, 0.6) is 0 Å². The molecule has 0 bridgehead atoms. The molecule has 1 heterocycles. The van der Waals surface area contributed by atoms with Crippen molar-refractivity contribution in [2.45, 2.75) is 141 Å². The van der Waals surface area contributed by atoms with Crippen LogP contribution in [0.1, 0.15) is 129 Å². The van der Waals surface area contributed by atoms with Gasteiger partial charge in [-0.2, -0.15) is 0 Å². The van der Waals surface area contributed by atoms with E-state index in [1.807, 2.05) is 0 Å². The van der Waals surface area contributed by atoms with Gasteiger partial charge >= 0.3 is 0 Å². The molecule has 1 rings (SSSR count). The number of hydrogen-bond donors (Lipinski definition) is 0. The van der Waals surface area contributed by atoms with E-state index in [9.17, 15) is 4.79 Å². The van der Waals surface area contributed by atoms with E-state index >= 15 is 0 Å². The molecule has 4 nitrogen and oxygen atoms in total. The number of ketones is 1. The molecule has 0 aromatic carbocycles. The summed E-state index contributed by atoms with van der Waals surface area (Å²) in [5, 5.41) is 0. The maximum atomic E-state index is 12.5. The summed E-state index contributed by atoms with van der Waals surface area (Å²) < 4.78 is 16.3. The van der Waals surface area contributed by atoms with Gasteiger partial charge in [-0.05, 0) is 6.42 Å². The Morgan fingerprint density at radius 2 is 1.24 bits per heavy atom. The predicted octanol–water partition coefficient (Wildman–Crippen LogP) is 7.33. The lowest BCUT2D eigenvalue weighted by molar-refractivity contribution is -0.245. The number of methoxy groups -OCH3 is 2. The molecule has 0 aliphatic carbocycles. The maximum absolute atomic E-state index is 12.5. The van der Waals surface area contributed by atoms with Gasteiger partial charge in [0.25, 0.3) is 0 Å². The zero-order valence-corrected chi connectivity index (χ0v) is 19.6. The fraction of sp³-hybridized carbons (Fsp3) is 0.960. The van der Waals surface area contributed by atoms with Crippen molar-refractivity contribution in [3.05, 3.63) is 0 Å². The third-order valence-corrected chi connectivity index (χ3v) is 6.31. The van der Waals surface area contributed by atoms with Crippen LogP contribution in [0.4, 0.5) is 0 Å². The van der Waals surface area contributed by atoms with E-state index in [1.165, 1.54) is 89.9 Å². The summed E-state index contributed by atoms with van der Waals surface area (Å²) in [6.45, 7) is 2.28. The first-order valence-electron chi connectivity index (χ1n) is 12.5. The molecular weight excluding hydrogens is 364 g/mol. The van der Waals surface area contributed by atoms with Crippen molar-refractivity contribution in [3.63, 3.8) is 0 Å². The molecule has 172 valence electrons. The molecule has 1 fully saturated rings. The highest BCUT2D eigenvalue weighted by atomic mass is 16.8. The summed E-state index contributed by atoms with van der Waals surface area (Å²) in [5.74, 6) is -0.985. The van der Waals surface area contributed by atoms with E-state index in [-0.39, 0.29) is 12.1 Å². The number of unbranched alkanes of at least 4 members (excludes halogenated alkanes) is 15. The van der Waals surface area contributed by atoms with Crippen LogP contribution in [0.25, 0.3) is 0 Å². The second-order valence-electron chi connectivity index (χ2n) is 8.76. The van der Waals surface area contributed by atoms with Crippen molar-refractivity contribution in [2.24, 2.45) is 0 Å². The van der Waals surface area contributed by atoms with Crippen LogP contribution in [0.15, 0.2) is 0 Å². The Hall–Kier alpha value is -0.450. The van der Waals surface area contributed by atoms with E-state index in [2.05, 4.69) is 6.92 Å². The largest absolute Gasteiger partial charge is 0.356 e. The van der Waals surface area contributed by atoms with Gasteiger partial charge in [-0.1, -0.05) is 103 Å². The second kappa shape index (κ2) is 17.3. The quantitative estimate of drug-likeness (QED) is 0.196. The summed E-state index contributed by atoms with van der Waals surface area (Å²) >= 11 is 0. The molecule has 0 saturated carbocycles. The summed E-state index contributed by atoms with van der Waals surface area (Å²) in [6, 6.07) is 0. The molecule has 0 N–H and O–H groups in total. The third-order valence-electron chi connectivity index (χ3n) is 6.31. The van der Waals surface area contributed by atoms with Crippen LogP contribution in [0.3, 0.4) is 0 Å². The van der Waals surface area contributed by atoms with Crippen molar-refractivity contribution in [3.8, 4) is 0 Å². The highest BCUT2D eigenvalue weighted by Gasteiger charge is 2.46. The first-order valence-corrected chi connectivity index (χ1v) is 12.5. The number of carbonyl (C=O) groups excluding carboxylic acids is 1. The molecule has 4 heteroatoms. The first-order chi connectivity index (χ1) is 14.2. The van der Waals surface area contributed by atoms with E-state index in [1.54, 1.807) is 14.2 Å². The molecule has 0 spiro atoms. The van der Waals surface area contributed by atoms with Crippen LogP contribution in [0.2, 0.25) is 0 Å². The molecule has 1 aliphatic rings. The minimum absolute atomic E-state index is 0.0740. The first kappa shape index (κ1) is 26.6. The van der Waals surface area contributed by atoms with Crippen LogP contribution < -0.4 is 0 Å². The average molecular weight is 413 g/mol. The normalized spacial score (nSPS) is 21.7. The summed E-state index contributed by atoms with van der Waals surface area (Å²) in [6.07, 6.45) is 23.0. The minimum Gasteiger partial charge on any atom is -0.356 e. The molecule has 2 unspecified atom stereocenters. The van der Waals surface area contributed by atoms with Gasteiger partial charge in [-0.15, -0.1) is 0 Å². The van der Waals surface area contributed by atoms with E-state index in [0.29, 0.717) is 12.8 Å². The zero-order valence-electron chi connectivity index (χ0n) is 19.6. The Kier molecular flexibility index (Phi) is 15.8. The Balaban J connectivity index is 1.87. The lowest BCUT2D eigenvalue weighted by atomic mass is 10.0.